The van der Waals surface area contributed by atoms with Crippen LogP contribution < -0.4 is 0 Å². The van der Waals surface area contributed by atoms with Crippen LogP contribution >= 0.6 is 23.2 Å². The second-order valence-corrected chi connectivity index (χ2v) is 4.72. The Labute approximate surface area is 125 Å². The summed E-state index contributed by atoms with van der Waals surface area (Å²) in [7, 11) is 0. The van der Waals surface area contributed by atoms with Crippen molar-refractivity contribution in [1.82, 2.24) is 0 Å². The average molecular weight is 309 g/mol. The summed E-state index contributed by atoms with van der Waals surface area (Å²) in [5, 5.41) is 27.3. The fourth-order valence-corrected chi connectivity index (χ4v) is 1.98. The lowest BCUT2D eigenvalue weighted by atomic mass is 10.2. The van der Waals surface area contributed by atoms with E-state index in [1.807, 2.05) is 0 Å². The third-order valence-corrected chi connectivity index (χ3v) is 2.96. The molecule has 20 heavy (non-hydrogen) atoms. The lowest BCUT2D eigenvalue weighted by Gasteiger charge is -2.01. The summed E-state index contributed by atoms with van der Waals surface area (Å²) < 4.78 is 0. The van der Waals surface area contributed by atoms with Crippen molar-refractivity contribution in [1.29, 1.82) is 0 Å². The highest BCUT2D eigenvalue weighted by Crippen LogP contribution is 2.29. The van der Waals surface area contributed by atoms with Gasteiger partial charge < -0.3 is 10.2 Å². The van der Waals surface area contributed by atoms with Gasteiger partial charge in [0.1, 0.15) is 11.5 Å². The highest BCUT2D eigenvalue weighted by Gasteiger charge is 2.05. The molecule has 2 N–H and O–H groups in total. The van der Waals surface area contributed by atoms with E-state index in [-0.39, 0.29) is 16.5 Å². The summed E-state index contributed by atoms with van der Waals surface area (Å²) in [5.41, 5.74) is 0.898. The van der Waals surface area contributed by atoms with Crippen LogP contribution in [0.15, 0.2) is 46.6 Å². The van der Waals surface area contributed by atoms with E-state index in [9.17, 15) is 10.2 Å². The maximum Gasteiger partial charge on any atom is 0.143 e. The zero-order valence-corrected chi connectivity index (χ0v) is 11.7. The second kappa shape index (κ2) is 6.41. The predicted octanol–water partition coefficient (Wildman–Crippen LogP) is 3.86. The van der Waals surface area contributed by atoms with Crippen LogP contribution in [0.25, 0.3) is 0 Å². The van der Waals surface area contributed by atoms with E-state index in [0.29, 0.717) is 16.1 Å². The van der Waals surface area contributed by atoms with Gasteiger partial charge in [0.05, 0.1) is 17.5 Å². The predicted molar refractivity (Wildman–Crippen MR) is 81.4 cm³/mol. The number of rotatable bonds is 3. The zero-order chi connectivity index (χ0) is 14.5. The molecule has 0 radical (unpaired) electrons. The van der Waals surface area contributed by atoms with Crippen molar-refractivity contribution in [2.45, 2.75) is 0 Å². The Balaban J connectivity index is 2.17. The number of hydrogen-bond acceptors (Lipinski definition) is 4. The fourth-order valence-electron chi connectivity index (χ4n) is 1.47. The number of nitrogens with zero attached hydrogens (tertiary/aromatic N) is 2. The molecule has 6 heteroatoms. The molecule has 0 spiro atoms. The molecule has 0 aromatic heterocycles. The van der Waals surface area contributed by atoms with Gasteiger partial charge in [0, 0.05) is 16.1 Å². The van der Waals surface area contributed by atoms with Crippen molar-refractivity contribution in [3.05, 3.63) is 57.6 Å². The lowest BCUT2D eigenvalue weighted by molar-refractivity contribution is 0.474. The standard InChI is InChI=1S/C14H10Cl2N2O2/c15-11-5-10(14(20)12(16)6-11)8-18-17-7-9-3-1-2-4-13(9)19/h1-8,19-20H/b17-7+,18-8+. The molecule has 0 saturated carbocycles. The SMILES string of the molecule is Oc1ccccc1/C=N/N=C/c1cc(Cl)cc(Cl)c1O. The van der Waals surface area contributed by atoms with Gasteiger partial charge in [-0.15, -0.1) is 0 Å². The highest BCUT2D eigenvalue weighted by molar-refractivity contribution is 6.36. The maximum atomic E-state index is 9.71. The van der Waals surface area contributed by atoms with Gasteiger partial charge in [-0.05, 0) is 24.3 Å². The molecular weight excluding hydrogens is 299 g/mol. The van der Waals surface area contributed by atoms with Gasteiger partial charge in [0.2, 0.25) is 0 Å². The van der Waals surface area contributed by atoms with Gasteiger partial charge in [0.15, 0.2) is 0 Å². The molecule has 0 saturated heterocycles. The molecule has 0 aliphatic heterocycles. The van der Waals surface area contributed by atoms with Crippen molar-refractivity contribution < 1.29 is 10.2 Å². The molecule has 0 fully saturated rings. The van der Waals surface area contributed by atoms with E-state index in [2.05, 4.69) is 10.2 Å². The van der Waals surface area contributed by atoms with Crippen LogP contribution in [-0.2, 0) is 0 Å². The molecule has 2 aromatic carbocycles. The van der Waals surface area contributed by atoms with Crippen LogP contribution in [0, 0.1) is 0 Å². The minimum atomic E-state index is -0.113. The van der Waals surface area contributed by atoms with Crippen molar-refractivity contribution >= 4 is 35.6 Å². The minimum Gasteiger partial charge on any atom is -0.507 e. The van der Waals surface area contributed by atoms with Gasteiger partial charge in [-0.3, -0.25) is 0 Å². The van der Waals surface area contributed by atoms with Crippen LogP contribution in [-0.4, -0.2) is 22.6 Å². The fraction of sp³-hybridized carbons (Fsp3) is 0. The van der Waals surface area contributed by atoms with E-state index in [0.717, 1.165) is 0 Å². The first-order valence-electron chi connectivity index (χ1n) is 5.60. The molecule has 2 aromatic rings. The van der Waals surface area contributed by atoms with Crippen molar-refractivity contribution in [2.75, 3.05) is 0 Å². The van der Waals surface area contributed by atoms with Crippen LogP contribution in [0.3, 0.4) is 0 Å². The Morgan fingerprint density at radius 3 is 2.25 bits per heavy atom. The topological polar surface area (TPSA) is 65.2 Å². The summed E-state index contributed by atoms with van der Waals surface area (Å²) >= 11 is 11.6. The summed E-state index contributed by atoms with van der Waals surface area (Å²) in [5.74, 6) is -0.00216. The van der Waals surface area contributed by atoms with Crippen molar-refractivity contribution in [3.63, 3.8) is 0 Å². The third-order valence-electron chi connectivity index (χ3n) is 2.45. The lowest BCUT2D eigenvalue weighted by Crippen LogP contribution is -1.84. The zero-order valence-electron chi connectivity index (χ0n) is 10.2. The van der Waals surface area contributed by atoms with Gasteiger partial charge in [-0.2, -0.15) is 10.2 Å². The summed E-state index contributed by atoms with van der Waals surface area (Å²) in [6.45, 7) is 0. The number of phenolic OH excluding ortho intramolecular Hbond substituents is 2. The van der Waals surface area contributed by atoms with E-state index in [1.54, 1.807) is 24.3 Å². The second-order valence-electron chi connectivity index (χ2n) is 3.87. The van der Waals surface area contributed by atoms with Gasteiger partial charge in [-0.25, -0.2) is 0 Å². The van der Waals surface area contributed by atoms with Crippen molar-refractivity contribution in [3.8, 4) is 11.5 Å². The first-order valence-corrected chi connectivity index (χ1v) is 6.36. The molecule has 4 nitrogen and oxygen atoms in total. The number of benzene rings is 2. The first-order chi connectivity index (χ1) is 9.58. The molecule has 102 valence electrons. The van der Waals surface area contributed by atoms with Crippen LogP contribution in [0.2, 0.25) is 10.0 Å². The van der Waals surface area contributed by atoms with Gasteiger partial charge in [0.25, 0.3) is 0 Å². The molecular formula is C14H10Cl2N2O2. The number of aromatic hydroxyl groups is 2. The van der Waals surface area contributed by atoms with Crippen LogP contribution in [0.4, 0.5) is 0 Å². The Hall–Kier alpha value is -2.04. The maximum absolute atomic E-state index is 9.71. The third kappa shape index (κ3) is 3.50. The van der Waals surface area contributed by atoms with E-state index in [1.165, 1.54) is 24.6 Å². The summed E-state index contributed by atoms with van der Waals surface area (Å²) in [4.78, 5) is 0. The normalized spacial score (nSPS) is 11.5. The monoisotopic (exact) mass is 308 g/mol. The van der Waals surface area contributed by atoms with Crippen LogP contribution in [0.1, 0.15) is 11.1 Å². The largest absolute Gasteiger partial charge is 0.507 e. The van der Waals surface area contributed by atoms with E-state index >= 15 is 0 Å². The highest BCUT2D eigenvalue weighted by atomic mass is 35.5. The Bertz CT molecular complexity index is 685. The van der Waals surface area contributed by atoms with Gasteiger partial charge >= 0.3 is 0 Å². The molecule has 0 aliphatic rings. The Morgan fingerprint density at radius 1 is 0.900 bits per heavy atom. The number of para-hydroxylation sites is 1. The average Bonchev–Trinajstić information content (AvgIpc) is 2.41. The Kier molecular flexibility index (Phi) is 4.61. The molecule has 0 aliphatic carbocycles. The van der Waals surface area contributed by atoms with E-state index in [4.69, 9.17) is 23.2 Å². The summed E-state index contributed by atoms with van der Waals surface area (Å²) in [6, 6.07) is 9.67. The number of hydrogen-bond donors (Lipinski definition) is 2. The molecule has 0 atom stereocenters. The molecule has 0 heterocycles. The minimum absolute atomic E-state index is 0.111. The van der Waals surface area contributed by atoms with Crippen LogP contribution in [0.5, 0.6) is 11.5 Å². The quantitative estimate of drug-likeness (QED) is 0.668. The molecule has 0 bridgehead atoms. The first kappa shape index (κ1) is 14.4. The number of halogens is 2. The smallest absolute Gasteiger partial charge is 0.143 e. The Morgan fingerprint density at radius 2 is 1.55 bits per heavy atom. The molecule has 0 amide bonds. The number of phenols is 2. The van der Waals surface area contributed by atoms with Crippen molar-refractivity contribution in [2.24, 2.45) is 10.2 Å². The van der Waals surface area contributed by atoms with E-state index < -0.39 is 0 Å². The van der Waals surface area contributed by atoms with Gasteiger partial charge in [-0.1, -0.05) is 35.3 Å². The summed E-state index contributed by atoms with van der Waals surface area (Å²) in [6.07, 6.45) is 2.72. The molecule has 2 rings (SSSR count). The molecule has 0 unspecified atom stereocenters.